The summed E-state index contributed by atoms with van der Waals surface area (Å²) < 4.78 is 32.4. The highest BCUT2D eigenvalue weighted by Crippen LogP contribution is 2.32. The van der Waals surface area contributed by atoms with Gasteiger partial charge < -0.3 is 4.42 Å². The summed E-state index contributed by atoms with van der Waals surface area (Å²) in [5.74, 6) is 1.65. The lowest BCUT2D eigenvalue weighted by Crippen LogP contribution is -2.25. The van der Waals surface area contributed by atoms with Gasteiger partial charge in [-0.2, -0.15) is 0 Å². The molecule has 0 bridgehead atoms. The van der Waals surface area contributed by atoms with Crippen molar-refractivity contribution in [1.82, 2.24) is 14.9 Å². The van der Waals surface area contributed by atoms with Gasteiger partial charge in [0.2, 0.25) is 15.9 Å². The molecule has 0 unspecified atom stereocenters. The second-order valence-electron chi connectivity index (χ2n) is 5.80. The number of benzene rings is 1. The van der Waals surface area contributed by atoms with E-state index in [0.717, 1.165) is 18.7 Å². The molecule has 3 rings (SSSR count). The third-order valence-corrected chi connectivity index (χ3v) is 6.35. The van der Waals surface area contributed by atoms with E-state index in [2.05, 4.69) is 14.9 Å². The van der Waals surface area contributed by atoms with Crippen LogP contribution in [0.1, 0.15) is 43.9 Å². The Morgan fingerprint density at radius 2 is 1.88 bits per heavy atom. The minimum absolute atomic E-state index is 0.271. The zero-order chi connectivity index (χ0) is 16.8. The molecule has 1 fully saturated rings. The van der Waals surface area contributed by atoms with Crippen LogP contribution in [-0.2, 0) is 10.0 Å². The molecular formula is C16H21N3O3S2. The van der Waals surface area contributed by atoms with E-state index in [1.165, 1.54) is 31.0 Å². The van der Waals surface area contributed by atoms with Gasteiger partial charge in [-0.25, -0.2) is 13.1 Å². The fourth-order valence-corrected chi connectivity index (χ4v) is 4.59. The van der Waals surface area contributed by atoms with Crippen LogP contribution in [0.5, 0.6) is 0 Å². The molecule has 130 valence electrons. The Bertz CT molecular complexity index is 741. The van der Waals surface area contributed by atoms with Crippen LogP contribution in [0.3, 0.4) is 0 Å². The summed E-state index contributed by atoms with van der Waals surface area (Å²) in [5, 5.41) is 8.70. The molecule has 1 aromatic heterocycles. The third-order valence-electron chi connectivity index (χ3n) is 4.05. The van der Waals surface area contributed by atoms with Gasteiger partial charge in [-0.15, -0.1) is 10.2 Å². The van der Waals surface area contributed by atoms with Crippen molar-refractivity contribution in [1.29, 1.82) is 0 Å². The average molecular weight is 367 g/mol. The quantitative estimate of drug-likeness (QED) is 0.597. The Hall–Kier alpha value is -1.38. The highest BCUT2D eigenvalue weighted by atomic mass is 32.2. The lowest BCUT2D eigenvalue weighted by Gasteiger charge is -2.17. The first kappa shape index (κ1) is 17.4. The Morgan fingerprint density at radius 3 is 2.62 bits per heavy atom. The van der Waals surface area contributed by atoms with Crippen molar-refractivity contribution in [3.8, 4) is 0 Å². The fraction of sp³-hybridized carbons (Fsp3) is 0.500. The molecule has 24 heavy (non-hydrogen) atoms. The van der Waals surface area contributed by atoms with Crippen LogP contribution in [0.15, 0.2) is 44.9 Å². The number of hydrogen-bond donors (Lipinski definition) is 1. The van der Waals surface area contributed by atoms with Crippen molar-refractivity contribution in [2.24, 2.45) is 0 Å². The molecule has 1 heterocycles. The average Bonchev–Trinajstić information content (AvgIpc) is 3.09. The first-order chi connectivity index (χ1) is 11.6. The van der Waals surface area contributed by atoms with Crippen LogP contribution in [-0.4, -0.2) is 30.9 Å². The van der Waals surface area contributed by atoms with Crippen LogP contribution >= 0.6 is 11.8 Å². The monoisotopic (exact) mass is 367 g/mol. The minimum Gasteiger partial charge on any atom is -0.416 e. The minimum atomic E-state index is -3.46. The van der Waals surface area contributed by atoms with E-state index in [1.807, 2.05) is 0 Å². The van der Waals surface area contributed by atoms with E-state index in [4.69, 9.17) is 4.42 Å². The van der Waals surface area contributed by atoms with Crippen LogP contribution in [0.4, 0.5) is 0 Å². The van der Waals surface area contributed by atoms with Crippen LogP contribution in [0.2, 0.25) is 0 Å². The first-order valence-corrected chi connectivity index (χ1v) is 10.6. The van der Waals surface area contributed by atoms with Crippen molar-refractivity contribution < 1.29 is 12.8 Å². The van der Waals surface area contributed by atoms with E-state index in [9.17, 15) is 8.42 Å². The number of nitrogens with zero attached hydrogens (tertiary/aromatic N) is 2. The van der Waals surface area contributed by atoms with Crippen molar-refractivity contribution in [3.63, 3.8) is 0 Å². The van der Waals surface area contributed by atoms with Crippen molar-refractivity contribution >= 4 is 21.8 Å². The molecule has 2 aromatic rings. The Labute approximate surface area is 146 Å². The summed E-state index contributed by atoms with van der Waals surface area (Å²) in [6.45, 7) is 0.309. The number of thioether (sulfide) groups is 1. The SMILES string of the molecule is O=S(=O)(NCCSc1nnc(C2CCCCC2)o1)c1ccccc1. The van der Waals surface area contributed by atoms with E-state index in [1.54, 1.807) is 30.3 Å². The van der Waals surface area contributed by atoms with E-state index in [-0.39, 0.29) is 4.90 Å². The number of aromatic nitrogens is 2. The topological polar surface area (TPSA) is 85.1 Å². The molecule has 0 aliphatic heterocycles. The molecule has 1 saturated carbocycles. The van der Waals surface area contributed by atoms with E-state index < -0.39 is 10.0 Å². The highest BCUT2D eigenvalue weighted by molar-refractivity contribution is 7.99. The van der Waals surface area contributed by atoms with E-state index in [0.29, 0.717) is 23.4 Å². The summed E-state index contributed by atoms with van der Waals surface area (Å²) in [6, 6.07) is 8.34. The molecule has 0 atom stereocenters. The fourth-order valence-electron chi connectivity index (χ4n) is 2.79. The molecule has 1 N–H and O–H groups in total. The Kier molecular flexibility index (Phi) is 5.91. The highest BCUT2D eigenvalue weighted by Gasteiger charge is 2.21. The van der Waals surface area contributed by atoms with Gasteiger partial charge >= 0.3 is 0 Å². The van der Waals surface area contributed by atoms with Gasteiger partial charge in [0.1, 0.15) is 0 Å². The summed E-state index contributed by atoms with van der Waals surface area (Å²) >= 11 is 1.37. The number of sulfonamides is 1. The normalized spacial score (nSPS) is 16.3. The molecule has 8 heteroatoms. The summed E-state index contributed by atoms with van der Waals surface area (Å²) in [5.41, 5.74) is 0. The summed E-state index contributed by atoms with van der Waals surface area (Å²) in [4.78, 5) is 0.271. The lowest BCUT2D eigenvalue weighted by molar-refractivity contribution is 0.334. The van der Waals surface area contributed by atoms with Gasteiger partial charge in [0.15, 0.2) is 0 Å². The molecule has 0 radical (unpaired) electrons. The second kappa shape index (κ2) is 8.13. The number of rotatable bonds is 7. The predicted molar refractivity (Wildman–Crippen MR) is 92.5 cm³/mol. The molecule has 1 aromatic carbocycles. The maximum atomic E-state index is 12.1. The van der Waals surface area contributed by atoms with Crippen LogP contribution in [0.25, 0.3) is 0 Å². The predicted octanol–water partition coefficient (Wildman–Crippen LogP) is 3.19. The van der Waals surface area contributed by atoms with Crippen molar-refractivity contribution in [2.75, 3.05) is 12.3 Å². The lowest BCUT2D eigenvalue weighted by atomic mass is 9.89. The number of nitrogens with one attached hydrogen (secondary N) is 1. The Morgan fingerprint density at radius 1 is 1.12 bits per heavy atom. The first-order valence-electron chi connectivity index (χ1n) is 8.16. The zero-order valence-corrected chi connectivity index (χ0v) is 15.0. The molecular weight excluding hydrogens is 346 g/mol. The molecule has 1 aliphatic carbocycles. The summed E-state index contributed by atoms with van der Waals surface area (Å²) in [6.07, 6.45) is 5.95. The van der Waals surface area contributed by atoms with Gasteiger partial charge in [-0.3, -0.25) is 0 Å². The second-order valence-corrected chi connectivity index (χ2v) is 8.61. The van der Waals surface area contributed by atoms with Crippen LogP contribution < -0.4 is 4.72 Å². The zero-order valence-electron chi connectivity index (χ0n) is 13.3. The van der Waals surface area contributed by atoms with Gasteiger partial charge in [0.25, 0.3) is 5.22 Å². The van der Waals surface area contributed by atoms with Crippen molar-refractivity contribution in [3.05, 3.63) is 36.2 Å². The third kappa shape index (κ3) is 4.58. The molecule has 0 amide bonds. The van der Waals surface area contributed by atoms with Gasteiger partial charge in [0.05, 0.1) is 4.90 Å². The molecule has 1 aliphatic rings. The van der Waals surface area contributed by atoms with Crippen LogP contribution in [0, 0.1) is 0 Å². The molecule has 0 saturated heterocycles. The number of hydrogen-bond acceptors (Lipinski definition) is 6. The van der Waals surface area contributed by atoms with Gasteiger partial charge in [-0.1, -0.05) is 49.2 Å². The Balaban J connectivity index is 1.46. The largest absolute Gasteiger partial charge is 0.416 e. The molecule has 0 spiro atoms. The van der Waals surface area contributed by atoms with Gasteiger partial charge in [0, 0.05) is 18.2 Å². The maximum absolute atomic E-state index is 12.1. The smallest absolute Gasteiger partial charge is 0.276 e. The summed E-state index contributed by atoms with van der Waals surface area (Å²) in [7, 11) is -3.46. The standard InChI is InChI=1S/C16H21N3O3S2/c20-24(21,14-9-5-2-6-10-14)17-11-12-23-16-19-18-15(22-16)13-7-3-1-4-8-13/h2,5-6,9-10,13,17H,1,3-4,7-8,11-12H2. The van der Waals surface area contributed by atoms with Gasteiger partial charge in [-0.05, 0) is 25.0 Å². The van der Waals surface area contributed by atoms with E-state index >= 15 is 0 Å². The molecule has 6 nitrogen and oxygen atoms in total. The maximum Gasteiger partial charge on any atom is 0.276 e. The van der Waals surface area contributed by atoms with Crippen molar-refractivity contribution in [2.45, 2.75) is 48.1 Å².